The van der Waals surface area contributed by atoms with Crippen LogP contribution in [0.4, 0.5) is 0 Å². The van der Waals surface area contributed by atoms with E-state index in [1.807, 2.05) is 31.2 Å². The van der Waals surface area contributed by atoms with Crippen molar-refractivity contribution in [2.75, 3.05) is 13.7 Å². The third kappa shape index (κ3) is 3.83. The minimum Gasteiger partial charge on any atom is -0.496 e. The highest BCUT2D eigenvalue weighted by Crippen LogP contribution is 2.35. The Morgan fingerprint density at radius 2 is 2.00 bits per heavy atom. The fourth-order valence-corrected chi connectivity index (χ4v) is 4.52. The number of likely N-dealkylation sites (tertiary alicyclic amines) is 1. The molecule has 0 saturated carbocycles. The van der Waals surface area contributed by atoms with Gasteiger partial charge in [-0.15, -0.1) is 0 Å². The van der Waals surface area contributed by atoms with Crippen molar-refractivity contribution in [1.29, 1.82) is 0 Å². The number of hydrogen-bond donors (Lipinski definition) is 0. The van der Waals surface area contributed by atoms with E-state index in [4.69, 9.17) is 14.2 Å². The maximum absolute atomic E-state index is 13.8. The first-order valence-electron chi connectivity index (χ1n) is 11.4. The van der Waals surface area contributed by atoms with Gasteiger partial charge in [0.25, 0.3) is 11.8 Å². The number of aromatic nitrogens is 5. The van der Waals surface area contributed by atoms with Gasteiger partial charge in [0.2, 0.25) is 0 Å². The number of amides is 1. The second-order valence-electron chi connectivity index (χ2n) is 8.28. The molecule has 174 valence electrons. The summed E-state index contributed by atoms with van der Waals surface area (Å²) in [6.45, 7) is 4.62. The molecule has 3 heterocycles. The standard InChI is InChI=1S/C25H26N6O3/c1-4-17-8-5-6-9-18(17)24-28-23(29-34-24)20-10-7-13-30(20)25(32)19-15-22(33-3)16(2)14-21(19)31-26-11-12-27-31/h5-6,8-9,11-12,14-15,20H,4,7,10,13H2,1-3H3/t20-/m0/s1. The van der Waals surface area contributed by atoms with Crippen LogP contribution in [0, 0.1) is 6.92 Å². The normalized spacial score (nSPS) is 15.6. The van der Waals surface area contributed by atoms with Gasteiger partial charge in [-0.25, -0.2) is 0 Å². The molecule has 2 aromatic heterocycles. The van der Waals surface area contributed by atoms with Crippen molar-refractivity contribution < 1.29 is 14.1 Å². The van der Waals surface area contributed by atoms with Gasteiger partial charge in [0.1, 0.15) is 5.75 Å². The first-order chi connectivity index (χ1) is 16.6. The quantitative estimate of drug-likeness (QED) is 0.427. The molecule has 0 unspecified atom stereocenters. The molecule has 5 rings (SSSR count). The van der Waals surface area contributed by atoms with Crippen molar-refractivity contribution in [3.8, 4) is 22.9 Å². The minimum atomic E-state index is -0.274. The van der Waals surface area contributed by atoms with Gasteiger partial charge < -0.3 is 14.2 Å². The number of nitrogens with zero attached hydrogens (tertiary/aromatic N) is 6. The molecule has 9 heteroatoms. The highest BCUT2D eigenvalue weighted by atomic mass is 16.5. The monoisotopic (exact) mass is 458 g/mol. The van der Waals surface area contributed by atoms with Crippen LogP contribution >= 0.6 is 0 Å². The second-order valence-corrected chi connectivity index (χ2v) is 8.28. The first-order valence-corrected chi connectivity index (χ1v) is 11.4. The van der Waals surface area contributed by atoms with Crippen LogP contribution in [0.1, 0.15) is 53.1 Å². The maximum atomic E-state index is 13.8. The van der Waals surface area contributed by atoms with E-state index in [0.717, 1.165) is 36.0 Å². The number of carbonyl (C=O) groups is 1. The molecule has 2 aromatic carbocycles. The van der Waals surface area contributed by atoms with Gasteiger partial charge in [-0.1, -0.05) is 30.3 Å². The smallest absolute Gasteiger partial charge is 0.258 e. The van der Waals surface area contributed by atoms with Crippen LogP contribution in [0.2, 0.25) is 0 Å². The van der Waals surface area contributed by atoms with Gasteiger partial charge in [0.05, 0.1) is 36.8 Å². The lowest BCUT2D eigenvalue weighted by Gasteiger charge is -2.24. The Balaban J connectivity index is 1.50. The van der Waals surface area contributed by atoms with Crippen molar-refractivity contribution in [1.82, 2.24) is 30.0 Å². The minimum absolute atomic E-state index is 0.145. The summed E-state index contributed by atoms with van der Waals surface area (Å²) in [6, 6.07) is 11.3. The molecule has 0 radical (unpaired) electrons. The summed E-state index contributed by atoms with van der Waals surface area (Å²) in [5.41, 5.74) is 4.02. The lowest BCUT2D eigenvalue weighted by molar-refractivity contribution is 0.0727. The van der Waals surface area contributed by atoms with Crippen LogP contribution < -0.4 is 4.74 Å². The summed E-state index contributed by atoms with van der Waals surface area (Å²) in [5.74, 6) is 1.48. The van der Waals surface area contributed by atoms with E-state index < -0.39 is 0 Å². The molecule has 1 saturated heterocycles. The number of methoxy groups -OCH3 is 1. The van der Waals surface area contributed by atoms with E-state index >= 15 is 0 Å². The van der Waals surface area contributed by atoms with Crippen LogP contribution in [0.15, 0.2) is 53.3 Å². The lowest BCUT2D eigenvalue weighted by Crippen LogP contribution is -2.32. The van der Waals surface area contributed by atoms with Gasteiger partial charge in [-0.3, -0.25) is 4.79 Å². The summed E-state index contributed by atoms with van der Waals surface area (Å²) in [6.07, 6.45) is 5.65. The van der Waals surface area contributed by atoms with Crippen molar-refractivity contribution in [3.05, 3.63) is 71.3 Å². The zero-order valence-electron chi connectivity index (χ0n) is 19.4. The number of aryl methyl sites for hydroxylation is 2. The molecule has 1 atom stereocenters. The summed E-state index contributed by atoms with van der Waals surface area (Å²) >= 11 is 0. The number of ether oxygens (including phenoxy) is 1. The highest BCUT2D eigenvalue weighted by Gasteiger charge is 2.35. The SMILES string of the molecule is CCc1ccccc1-c1nc([C@@H]2CCCN2C(=O)c2cc(OC)c(C)cc2-n2nccn2)no1. The average Bonchev–Trinajstić information content (AvgIpc) is 3.64. The third-order valence-corrected chi connectivity index (χ3v) is 6.26. The van der Waals surface area contributed by atoms with E-state index in [1.165, 1.54) is 4.80 Å². The van der Waals surface area contributed by atoms with E-state index in [9.17, 15) is 4.79 Å². The molecular weight excluding hydrogens is 432 g/mol. The molecule has 9 nitrogen and oxygen atoms in total. The van der Waals surface area contributed by atoms with Crippen molar-refractivity contribution in [3.63, 3.8) is 0 Å². The van der Waals surface area contributed by atoms with Crippen molar-refractivity contribution >= 4 is 5.91 Å². The molecule has 1 amide bonds. The summed E-state index contributed by atoms with van der Waals surface area (Å²) in [5, 5.41) is 12.7. The molecule has 1 aliphatic rings. The van der Waals surface area contributed by atoms with Crippen LogP contribution in [-0.2, 0) is 6.42 Å². The zero-order chi connectivity index (χ0) is 23.7. The average molecular weight is 459 g/mol. The Morgan fingerprint density at radius 1 is 1.21 bits per heavy atom. The first kappa shape index (κ1) is 21.8. The Bertz CT molecular complexity index is 1310. The second kappa shape index (κ2) is 9.09. The Hall–Kier alpha value is -4.01. The molecule has 1 fully saturated rings. The van der Waals surface area contributed by atoms with Gasteiger partial charge in [0.15, 0.2) is 5.82 Å². The third-order valence-electron chi connectivity index (χ3n) is 6.26. The molecule has 4 aromatic rings. The highest BCUT2D eigenvalue weighted by molar-refractivity contribution is 5.98. The molecule has 0 aliphatic carbocycles. The van der Waals surface area contributed by atoms with E-state index in [1.54, 1.807) is 30.5 Å². The molecule has 0 N–H and O–H groups in total. The largest absolute Gasteiger partial charge is 0.496 e. The number of rotatable bonds is 6. The van der Waals surface area contributed by atoms with Crippen LogP contribution in [0.25, 0.3) is 17.1 Å². The van der Waals surface area contributed by atoms with Crippen LogP contribution in [-0.4, -0.2) is 49.6 Å². The number of hydrogen-bond acceptors (Lipinski definition) is 7. The van der Waals surface area contributed by atoms with E-state index in [0.29, 0.717) is 35.3 Å². The Labute approximate surface area is 197 Å². The van der Waals surface area contributed by atoms with Gasteiger partial charge >= 0.3 is 0 Å². The zero-order valence-corrected chi connectivity index (χ0v) is 19.4. The molecule has 0 bridgehead atoms. The fourth-order valence-electron chi connectivity index (χ4n) is 4.52. The van der Waals surface area contributed by atoms with Gasteiger partial charge in [-0.2, -0.15) is 20.0 Å². The van der Waals surface area contributed by atoms with Crippen molar-refractivity contribution in [2.45, 2.75) is 39.2 Å². The maximum Gasteiger partial charge on any atom is 0.258 e. The topological polar surface area (TPSA) is 99.2 Å². The lowest BCUT2D eigenvalue weighted by atomic mass is 10.1. The van der Waals surface area contributed by atoms with Crippen LogP contribution in [0.3, 0.4) is 0 Å². The summed E-state index contributed by atoms with van der Waals surface area (Å²) in [4.78, 5) is 21.8. The van der Waals surface area contributed by atoms with Gasteiger partial charge in [-0.05, 0) is 55.5 Å². The van der Waals surface area contributed by atoms with Gasteiger partial charge in [0, 0.05) is 12.1 Å². The Kier molecular flexibility index (Phi) is 5.83. The summed E-state index contributed by atoms with van der Waals surface area (Å²) in [7, 11) is 1.59. The molecular formula is C25H26N6O3. The Morgan fingerprint density at radius 3 is 2.76 bits per heavy atom. The van der Waals surface area contributed by atoms with Crippen molar-refractivity contribution in [2.24, 2.45) is 0 Å². The van der Waals surface area contributed by atoms with E-state index in [-0.39, 0.29) is 11.9 Å². The van der Waals surface area contributed by atoms with Crippen LogP contribution in [0.5, 0.6) is 5.75 Å². The number of carbonyl (C=O) groups excluding carboxylic acids is 1. The molecule has 34 heavy (non-hydrogen) atoms. The fraction of sp³-hybridized carbons (Fsp3) is 0.320. The summed E-state index contributed by atoms with van der Waals surface area (Å²) < 4.78 is 11.1. The molecule has 0 spiro atoms. The number of benzene rings is 2. The van der Waals surface area contributed by atoms with E-state index in [2.05, 4.69) is 28.3 Å². The predicted molar refractivity (Wildman–Crippen MR) is 125 cm³/mol. The molecule has 1 aliphatic heterocycles. The predicted octanol–water partition coefficient (Wildman–Crippen LogP) is 4.17.